The van der Waals surface area contributed by atoms with Crippen LogP contribution in [0.2, 0.25) is 5.02 Å². The average Bonchev–Trinajstić information content (AvgIpc) is 2.88. The highest BCUT2D eigenvalue weighted by atomic mass is 35.5. The number of rotatable bonds is 6. The molecule has 0 radical (unpaired) electrons. The molecule has 0 aromatic heterocycles. The highest BCUT2D eigenvalue weighted by molar-refractivity contribution is 8.18. The number of hydrogen-bond acceptors (Lipinski definition) is 7. The van der Waals surface area contributed by atoms with Gasteiger partial charge in [0.15, 0.2) is 11.5 Å². The topological polar surface area (TPSA) is 82.1 Å². The number of methoxy groups -OCH3 is 2. The molecule has 1 fully saturated rings. The smallest absolute Gasteiger partial charge is 0.328 e. The van der Waals surface area contributed by atoms with E-state index in [1.54, 1.807) is 12.1 Å². The molecule has 2 amide bonds. The zero-order valence-electron chi connectivity index (χ0n) is 15.6. The van der Waals surface area contributed by atoms with Crippen LogP contribution in [0.1, 0.15) is 26.3 Å². The molecule has 0 saturated carbocycles. The van der Waals surface area contributed by atoms with Crippen molar-refractivity contribution >= 4 is 46.6 Å². The summed E-state index contributed by atoms with van der Waals surface area (Å²) in [6.45, 7) is 5.16. The maximum atomic E-state index is 12.6. The molecule has 0 bridgehead atoms. The maximum Gasteiger partial charge on any atom is 0.328 e. The highest BCUT2D eigenvalue weighted by Gasteiger charge is 2.41. The Bertz CT molecular complexity index is 807. The third kappa shape index (κ3) is 4.56. The number of esters is 1. The predicted molar refractivity (Wildman–Crippen MR) is 103 cm³/mol. The molecule has 1 aromatic rings. The van der Waals surface area contributed by atoms with E-state index in [1.165, 1.54) is 27.2 Å². The predicted octanol–water partition coefficient (Wildman–Crippen LogP) is 3.73. The summed E-state index contributed by atoms with van der Waals surface area (Å²) in [5, 5.41) is -0.224. The van der Waals surface area contributed by atoms with E-state index >= 15 is 0 Å². The second-order valence-corrected chi connectivity index (χ2v) is 7.35. The van der Waals surface area contributed by atoms with Crippen molar-refractivity contribution in [3.05, 3.63) is 27.6 Å². The van der Waals surface area contributed by atoms with Crippen LogP contribution in [0.3, 0.4) is 0 Å². The first-order valence-corrected chi connectivity index (χ1v) is 9.28. The van der Waals surface area contributed by atoms with E-state index in [1.807, 2.05) is 13.8 Å². The minimum absolute atomic E-state index is 0.0986. The number of halogens is 1. The van der Waals surface area contributed by atoms with Crippen LogP contribution in [-0.4, -0.2) is 48.4 Å². The first kappa shape index (κ1) is 21.1. The maximum absolute atomic E-state index is 12.6. The number of benzene rings is 1. The Hall–Kier alpha value is -2.19. The summed E-state index contributed by atoms with van der Waals surface area (Å²) in [4.78, 5) is 37.4. The van der Waals surface area contributed by atoms with Crippen LogP contribution >= 0.6 is 23.4 Å². The van der Waals surface area contributed by atoms with Crippen LogP contribution in [0.5, 0.6) is 11.5 Å². The number of thioether (sulfide) groups is 1. The highest BCUT2D eigenvalue weighted by Crippen LogP contribution is 2.39. The lowest BCUT2D eigenvalue weighted by Gasteiger charge is -2.18. The third-order valence-corrected chi connectivity index (χ3v) is 4.82. The van der Waals surface area contributed by atoms with E-state index in [-0.39, 0.29) is 11.0 Å². The Kier molecular flexibility index (Phi) is 6.78. The van der Waals surface area contributed by atoms with Gasteiger partial charge < -0.3 is 14.2 Å². The normalized spacial score (nSPS) is 16.9. The van der Waals surface area contributed by atoms with Gasteiger partial charge in [-0.15, -0.1) is 0 Å². The molecule has 9 heteroatoms. The van der Waals surface area contributed by atoms with Gasteiger partial charge in [0.2, 0.25) is 0 Å². The van der Waals surface area contributed by atoms with Gasteiger partial charge in [-0.1, -0.05) is 11.6 Å². The Morgan fingerprint density at radius 1 is 1.22 bits per heavy atom. The van der Waals surface area contributed by atoms with E-state index in [9.17, 15) is 14.4 Å². The summed E-state index contributed by atoms with van der Waals surface area (Å²) in [7, 11) is 2.68. The van der Waals surface area contributed by atoms with Crippen LogP contribution in [-0.2, 0) is 14.3 Å². The lowest BCUT2D eigenvalue weighted by molar-refractivity contribution is -0.148. The Balaban J connectivity index is 2.36. The van der Waals surface area contributed by atoms with Crippen LogP contribution in [0.4, 0.5) is 4.79 Å². The second kappa shape index (κ2) is 8.67. The van der Waals surface area contributed by atoms with Crippen LogP contribution in [0.25, 0.3) is 6.08 Å². The van der Waals surface area contributed by atoms with Gasteiger partial charge in [-0.3, -0.25) is 14.5 Å². The first-order chi connectivity index (χ1) is 12.7. The van der Waals surface area contributed by atoms with Gasteiger partial charge in [-0.25, -0.2) is 4.79 Å². The summed E-state index contributed by atoms with van der Waals surface area (Å²) in [5.74, 6) is -0.428. The van der Waals surface area contributed by atoms with Gasteiger partial charge in [-0.2, -0.15) is 0 Å². The second-order valence-electron chi connectivity index (χ2n) is 5.95. The molecule has 1 heterocycles. The molecule has 7 nitrogen and oxygen atoms in total. The molecule has 2 rings (SSSR count). The number of carbonyl (C=O) groups is 3. The molecule has 0 N–H and O–H groups in total. The molecule has 1 aliphatic heterocycles. The molecule has 0 spiro atoms. The number of imide groups is 1. The molecule has 1 atom stereocenters. The quantitative estimate of drug-likeness (QED) is 0.519. The van der Waals surface area contributed by atoms with Crippen molar-refractivity contribution in [2.24, 2.45) is 0 Å². The van der Waals surface area contributed by atoms with Crippen LogP contribution < -0.4 is 9.47 Å². The van der Waals surface area contributed by atoms with Crippen molar-refractivity contribution in [3.63, 3.8) is 0 Å². The molecule has 1 saturated heterocycles. The molecule has 0 aliphatic carbocycles. The van der Waals surface area contributed by atoms with Crippen molar-refractivity contribution in [1.29, 1.82) is 0 Å². The molecule has 1 aromatic carbocycles. The van der Waals surface area contributed by atoms with Gasteiger partial charge in [0.05, 0.1) is 30.3 Å². The third-order valence-electron chi connectivity index (χ3n) is 3.66. The van der Waals surface area contributed by atoms with E-state index in [4.69, 9.17) is 21.1 Å². The van der Waals surface area contributed by atoms with Gasteiger partial charge in [0.1, 0.15) is 6.04 Å². The van der Waals surface area contributed by atoms with Gasteiger partial charge in [0.25, 0.3) is 11.1 Å². The lowest BCUT2D eigenvalue weighted by Crippen LogP contribution is -2.42. The monoisotopic (exact) mass is 413 g/mol. The Morgan fingerprint density at radius 2 is 1.89 bits per heavy atom. The fourth-order valence-corrected chi connectivity index (χ4v) is 3.59. The van der Waals surface area contributed by atoms with Crippen molar-refractivity contribution in [2.45, 2.75) is 32.9 Å². The molecule has 0 unspecified atom stereocenters. The summed E-state index contributed by atoms with van der Waals surface area (Å²) < 4.78 is 15.6. The molecule has 146 valence electrons. The standard InChI is InChI=1S/C18H20ClNO6S/c1-9(2)26-15-12(19)6-11(7-13(15)24-4)8-14-16(21)20(18(23)27-14)10(3)17(22)25-5/h6-10H,1-5H3/b14-8+/t10-/m1/s1. The van der Waals surface area contributed by atoms with Gasteiger partial charge in [0, 0.05) is 0 Å². The largest absolute Gasteiger partial charge is 0.493 e. The van der Waals surface area contributed by atoms with Gasteiger partial charge in [-0.05, 0) is 56.3 Å². The molecular formula is C18H20ClNO6S. The molecular weight excluding hydrogens is 394 g/mol. The van der Waals surface area contributed by atoms with Gasteiger partial charge >= 0.3 is 5.97 Å². The zero-order valence-corrected chi connectivity index (χ0v) is 17.1. The zero-order chi connectivity index (χ0) is 20.3. The van der Waals surface area contributed by atoms with Crippen molar-refractivity contribution in [1.82, 2.24) is 4.90 Å². The first-order valence-electron chi connectivity index (χ1n) is 8.08. The van der Waals surface area contributed by atoms with Crippen molar-refractivity contribution < 1.29 is 28.6 Å². The fraction of sp³-hybridized carbons (Fsp3) is 0.389. The number of hydrogen-bond donors (Lipinski definition) is 0. The number of ether oxygens (including phenoxy) is 3. The van der Waals surface area contributed by atoms with E-state index in [2.05, 4.69) is 4.74 Å². The van der Waals surface area contributed by atoms with Crippen molar-refractivity contribution in [3.8, 4) is 11.5 Å². The lowest BCUT2D eigenvalue weighted by atomic mass is 10.1. The summed E-state index contributed by atoms with van der Waals surface area (Å²) in [6.07, 6.45) is 1.42. The Labute approximate surface area is 166 Å². The molecule has 27 heavy (non-hydrogen) atoms. The Morgan fingerprint density at radius 3 is 2.44 bits per heavy atom. The van der Waals surface area contributed by atoms with Crippen LogP contribution in [0, 0.1) is 0 Å². The van der Waals surface area contributed by atoms with E-state index in [0.29, 0.717) is 22.1 Å². The van der Waals surface area contributed by atoms with E-state index < -0.39 is 23.2 Å². The minimum atomic E-state index is -1.01. The molecule has 1 aliphatic rings. The number of amides is 2. The van der Waals surface area contributed by atoms with Crippen molar-refractivity contribution in [2.75, 3.05) is 14.2 Å². The fourth-order valence-electron chi connectivity index (χ4n) is 2.41. The SMILES string of the molecule is COC(=O)[C@@H](C)N1C(=O)S/C(=C/c2cc(Cl)c(OC(C)C)c(OC)c2)C1=O. The van der Waals surface area contributed by atoms with E-state index in [0.717, 1.165) is 16.7 Å². The summed E-state index contributed by atoms with van der Waals surface area (Å²) in [6, 6.07) is 2.26. The number of nitrogens with zero attached hydrogens (tertiary/aromatic N) is 1. The average molecular weight is 414 g/mol. The van der Waals surface area contributed by atoms with Crippen LogP contribution in [0.15, 0.2) is 17.0 Å². The summed E-state index contributed by atoms with van der Waals surface area (Å²) >= 11 is 7.03. The minimum Gasteiger partial charge on any atom is -0.493 e. The summed E-state index contributed by atoms with van der Waals surface area (Å²) in [5.41, 5.74) is 0.559. The number of carbonyl (C=O) groups excluding carboxylic acids is 3.